The predicted molar refractivity (Wildman–Crippen MR) is 130 cm³/mol. The van der Waals surface area contributed by atoms with Gasteiger partial charge in [-0.2, -0.15) is 0 Å². The zero-order valence-electron chi connectivity index (χ0n) is 20.2. The summed E-state index contributed by atoms with van der Waals surface area (Å²) in [6.07, 6.45) is 0.336. The molecule has 0 saturated carbocycles. The summed E-state index contributed by atoms with van der Waals surface area (Å²) >= 11 is 0. The smallest absolute Gasteiger partial charge is 0.193 e. The largest absolute Gasteiger partial charge is 0.495 e. The highest BCUT2D eigenvalue weighted by Crippen LogP contribution is 2.37. The van der Waals surface area contributed by atoms with Crippen molar-refractivity contribution in [2.24, 2.45) is 0 Å². The van der Waals surface area contributed by atoms with Crippen LogP contribution in [0.15, 0.2) is 42.5 Å². The second-order valence-corrected chi connectivity index (χ2v) is 13.8. The normalized spacial score (nSPS) is 12.5. The molecule has 0 unspecified atom stereocenters. The quantitative estimate of drug-likeness (QED) is 0.285. The number of methoxy groups -OCH3 is 2. The van der Waals surface area contributed by atoms with Crippen molar-refractivity contribution >= 4 is 14.6 Å². The number of carbonyl (C=O) groups excluding carboxylic acids is 1. The first-order chi connectivity index (χ1) is 15.1. The van der Waals surface area contributed by atoms with Crippen molar-refractivity contribution < 1.29 is 23.4 Å². The monoisotopic (exact) mass is 454 g/mol. The third kappa shape index (κ3) is 6.96. The average Bonchev–Trinajstić information content (AvgIpc) is 2.76. The molecule has 0 aliphatic carbocycles. The molecule has 0 aromatic heterocycles. The van der Waals surface area contributed by atoms with Crippen LogP contribution in [0.2, 0.25) is 18.1 Å². The topological polar surface area (TPSA) is 54.0 Å². The molecule has 0 amide bonds. The van der Waals surface area contributed by atoms with Crippen LogP contribution >= 0.6 is 0 Å². The lowest BCUT2D eigenvalue weighted by atomic mass is 10.1. The Bertz CT molecular complexity index is 927. The predicted octanol–water partition coefficient (Wildman–Crippen LogP) is 5.48. The highest BCUT2D eigenvalue weighted by Gasteiger charge is 2.39. The average molecular weight is 455 g/mol. The number of ether oxygens (including phenoxy) is 3. The molecule has 0 aliphatic heterocycles. The molecule has 0 fully saturated rings. The van der Waals surface area contributed by atoms with Gasteiger partial charge in [-0.1, -0.05) is 62.9 Å². The first-order valence-corrected chi connectivity index (χ1v) is 13.5. The van der Waals surface area contributed by atoms with Crippen LogP contribution in [0.3, 0.4) is 0 Å². The van der Waals surface area contributed by atoms with Crippen LogP contribution in [0.5, 0.6) is 11.5 Å². The fraction of sp³-hybridized carbons (Fsp3) is 0.423. The number of rotatable bonds is 9. The third-order valence-corrected chi connectivity index (χ3v) is 10.1. The van der Waals surface area contributed by atoms with E-state index in [1.54, 1.807) is 26.4 Å². The molecular weight excluding hydrogens is 420 g/mol. The Morgan fingerprint density at radius 1 is 1.03 bits per heavy atom. The van der Waals surface area contributed by atoms with Crippen LogP contribution in [-0.2, 0) is 15.8 Å². The van der Waals surface area contributed by atoms with Crippen LogP contribution in [0.1, 0.15) is 42.3 Å². The van der Waals surface area contributed by atoms with Crippen molar-refractivity contribution in [3.05, 3.63) is 59.2 Å². The number of hydrogen-bond donors (Lipinski definition) is 0. The molecule has 5 nitrogen and oxygen atoms in total. The number of carbonyl (C=O) groups is 1. The van der Waals surface area contributed by atoms with Gasteiger partial charge in [0.15, 0.2) is 8.32 Å². The summed E-state index contributed by atoms with van der Waals surface area (Å²) in [7, 11) is 1.00. The second-order valence-electron chi connectivity index (χ2n) is 9.06. The molecule has 2 aromatic carbocycles. The van der Waals surface area contributed by atoms with E-state index in [0.29, 0.717) is 35.8 Å². The molecule has 0 saturated heterocycles. The van der Waals surface area contributed by atoms with Crippen molar-refractivity contribution in [1.29, 1.82) is 0 Å². The lowest BCUT2D eigenvalue weighted by molar-refractivity contribution is 0.0588. The van der Waals surface area contributed by atoms with E-state index in [2.05, 4.69) is 45.7 Å². The Labute approximate surface area is 193 Å². The van der Waals surface area contributed by atoms with E-state index < -0.39 is 14.4 Å². The Balaban J connectivity index is 2.32. The summed E-state index contributed by atoms with van der Waals surface area (Å²) in [6.45, 7) is 11.8. The van der Waals surface area contributed by atoms with Crippen molar-refractivity contribution in [2.75, 3.05) is 20.8 Å². The zero-order chi connectivity index (χ0) is 23.8. The van der Waals surface area contributed by atoms with Gasteiger partial charge in [-0.3, -0.25) is 4.79 Å². The van der Waals surface area contributed by atoms with Crippen molar-refractivity contribution in [3.63, 3.8) is 0 Å². The van der Waals surface area contributed by atoms with Crippen molar-refractivity contribution in [1.82, 2.24) is 0 Å². The molecule has 2 rings (SSSR count). The summed E-state index contributed by atoms with van der Waals surface area (Å²) in [5.74, 6) is 7.35. The third-order valence-electron chi connectivity index (χ3n) is 5.65. The Hall–Kier alpha value is -2.59. The number of aldehydes is 1. The molecule has 172 valence electrons. The van der Waals surface area contributed by atoms with Crippen LogP contribution in [0, 0.1) is 11.8 Å². The molecule has 6 heteroatoms. The molecule has 32 heavy (non-hydrogen) atoms. The summed E-state index contributed by atoms with van der Waals surface area (Å²) < 4.78 is 23.4. The molecule has 0 spiro atoms. The molecule has 2 aromatic rings. The summed E-state index contributed by atoms with van der Waals surface area (Å²) in [4.78, 5) is 11.2. The first-order valence-electron chi connectivity index (χ1n) is 10.6. The van der Waals surface area contributed by atoms with E-state index in [1.807, 2.05) is 30.3 Å². The Morgan fingerprint density at radius 3 is 2.12 bits per heavy atom. The maximum atomic E-state index is 11.2. The maximum absolute atomic E-state index is 11.2. The van der Waals surface area contributed by atoms with Crippen LogP contribution < -0.4 is 9.47 Å². The van der Waals surface area contributed by atoms with E-state index >= 15 is 0 Å². The van der Waals surface area contributed by atoms with Gasteiger partial charge in [-0.15, -0.1) is 0 Å². The molecule has 0 N–H and O–H groups in total. The summed E-state index contributed by atoms with van der Waals surface area (Å²) in [5.41, 5.74) is 2.14. The molecule has 0 heterocycles. The molecule has 1 atom stereocenters. The molecule has 0 aliphatic rings. The first kappa shape index (κ1) is 25.7. The van der Waals surface area contributed by atoms with Crippen LogP contribution in [-0.4, -0.2) is 41.5 Å². The van der Waals surface area contributed by atoms with Crippen molar-refractivity contribution in [2.45, 2.75) is 51.6 Å². The molecule has 0 bridgehead atoms. The zero-order valence-corrected chi connectivity index (χ0v) is 21.2. The van der Waals surface area contributed by atoms with Crippen molar-refractivity contribution in [3.8, 4) is 23.3 Å². The van der Waals surface area contributed by atoms with Crippen LogP contribution in [0.25, 0.3) is 0 Å². The lowest BCUT2D eigenvalue weighted by Gasteiger charge is -2.38. The fourth-order valence-electron chi connectivity index (χ4n) is 2.77. The van der Waals surface area contributed by atoms with Gasteiger partial charge < -0.3 is 18.6 Å². The minimum absolute atomic E-state index is 0.0351. The van der Waals surface area contributed by atoms with Gasteiger partial charge in [-0.05, 0) is 35.8 Å². The highest BCUT2D eigenvalue weighted by atomic mass is 28.4. The number of benzene rings is 2. The van der Waals surface area contributed by atoms with E-state index in [9.17, 15) is 4.79 Å². The van der Waals surface area contributed by atoms with Gasteiger partial charge in [0.1, 0.15) is 29.5 Å². The van der Waals surface area contributed by atoms with Crippen LogP contribution in [0.4, 0.5) is 0 Å². The molecule has 0 radical (unpaired) electrons. The van der Waals surface area contributed by atoms with E-state index in [0.717, 1.165) is 11.8 Å². The Morgan fingerprint density at radius 2 is 1.62 bits per heavy atom. The van der Waals surface area contributed by atoms with Gasteiger partial charge in [0.05, 0.1) is 27.4 Å². The van der Waals surface area contributed by atoms with E-state index in [-0.39, 0.29) is 5.04 Å². The summed E-state index contributed by atoms with van der Waals surface area (Å²) in [6, 6.07) is 13.3. The van der Waals surface area contributed by atoms with Gasteiger partial charge >= 0.3 is 0 Å². The minimum Gasteiger partial charge on any atom is -0.495 e. The van der Waals surface area contributed by atoms with E-state index in [4.69, 9.17) is 18.6 Å². The fourth-order valence-corrected chi connectivity index (χ4v) is 3.96. The van der Waals surface area contributed by atoms with Gasteiger partial charge in [0, 0.05) is 5.56 Å². The van der Waals surface area contributed by atoms with E-state index in [1.165, 1.54) is 0 Å². The Kier molecular flexibility index (Phi) is 9.08. The highest BCUT2D eigenvalue weighted by molar-refractivity contribution is 6.74. The van der Waals surface area contributed by atoms with Gasteiger partial charge in [0.2, 0.25) is 0 Å². The summed E-state index contributed by atoms with van der Waals surface area (Å²) in [5, 5.41) is 0.0351. The maximum Gasteiger partial charge on any atom is 0.193 e. The van der Waals surface area contributed by atoms with Gasteiger partial charge in [0.25, 0.3) is 0 Å². The molecular formula is C26H34O5Si. The SMILES string of the molecule is COc1cc(C=O)cc(OC)c1C#C[C@H](COCc1ccccc1)O[Si](C)(C)C(C)(C)C. The second kappa shape index (κ2) is 11.3. The standard InChI is InChI=1S/C26H34O5Si/c1-26(2,3)32(6,7)31-22(19-30-18-20-11-9-8-10-12-20)13-14-23-24(28-4)15-21(17-27)16-25(23)29-5/h8-12,15-17,22H,18-19H2,1-7H3/t22-/m1/s1. The number of hydrogen-bond acceptors (Lipinski definition) is 5. The minimum atomic E-state index is -2.09. The van der Waals surface area contributed by atoms with Gasteiger partial charge in [-0.25, -0.2) is 0 Å². The lowest BCUT2D eigenvalue weighted by Crippen LogP contribution is -2.44.